The van der Waals surface area contributed by atoms with Gasteiger partial charge in [0.1, 0.15) is 0 Å². The second-order valence-corrected chi connectivity index (χ2v) is 8.37. The zero-order chi connectivity index (χ0) is 23.4. The number of rotatable bonds is 5. The van der Waals surface area contributed by atoms with Gasteiger partial charge in [0.15, 0.2) is 0 Å². The SMILES string of the molecule is O=C(C=Cc1ccc(N2CCCC2=O)cc1)N1CCN(Cc2cccc(C(F)(F)F)c2)CC1. The van der Waals surface area contributed by atoms with Gasteiger partial charge in [-0.25, -0.2) is 0 Å². The Morgan fingerprint density at radius 1 is 0.970 bits per heavy atom. The topological polar surface area (TPSA) is 43.9 Å². The monoisotopic (exact) mass is 457 g/mol. The average Bonchev–Trinajstić information content (AvgIpc) is 3.24. The predicted molar refractivity (Wildman–Crippen MR) is 120 cm³/mol. The summed E-state index contributed by atoms with van der Waals surface area (Å²) in [6.45, 7) is 3.43. The number of halogens is 3. The number of hydrogen-bond donors (Lipinski definition) is 0. The van der Waals surface area contributed by atoms with Gasteiger partial charge in [-0.1, -0.05) is 30.3 Å². The maximum atomic E-state index is 12.9. The summed E-state index contributed by atoms with van der Waals surface area (Å²) in [7, 11) is 0. The van der Waals surface area contributed by atoms with Gasteiger partial charge < -0.3 is 9.80 Å². The summed E-state index contributed by atoms with van der Waals surface area (Å²) in [4.78, 5) is 30.0. The molecule has 2 amide bonds. The van der Waals surface area contributed by atoms with Crippen molar-refractivity contribution in [2.75, 3.05) is 37.6 Å². The molecule has 0 N–H and O–H groups in total. The van der Waals surface area contributed by atoms with Crippen LogP contribution in [0.1, 0.15) is 29.5 Å². The summed E-state index contributed by atoms with van der Waals surface area (Å²) in [6, 6.07) is 12.9. The van der Waals surface area contributed by atoms with Crippen LogP contribution < -0.4 is 4.90 Å². The summed E-state index contributed by atoms with van der Waals surface area (Å²) in [5, 5.41) is 0. The third kappa shape index (κ3) is 5.82. The van der Waals surface area contributed by atoms with Crippen molar-refractivity contribution in [3.8, 4) is 0 Å². The van der Waals surface area contributed by atoms with Crippen LogP contribution in [-0.4, -0.2) is 54.3 Å². The lowest BCUT2D eigenvalue weighted by molar-refractivity contribution is -0.137. The van der Waals surface area contributed by atoms with E-state index in [-0.39, 0.29) is 11.8 Å². The molecule has 0 aliphatic carbocycles. The Kier molecular flexibility index (Phi) is 6.83. The highest BCUT2D eigenvalue weighted by atomic mass is 19.4. The standard InChI is InChI=1S/C25H26F3N3O2/c26-25(27,28)21-4-1-3-20(17-21)18-29-13-15-30(16-14-29)23(32)11-8-19-6-9-22(10-7-19)31-12-2-5-24(31)33/h1,3-4,6-11,17H,2,5,12-16,18H2. The Balaban J connectivity index is 1.27. The number of hydrogen-bond acceptors (Lipinski definition) is 3. The lowest BCUT2D eigenvalue weighted by atomic mass is 10.1. The highest BCUT2D eigenvalue weighted by molar-refractivity contribution is 5.95. The third-order valence-electron chi connectivity index (χ3n) is 6.04. The lowest BCUT2D eigenvalue weighted by Crippen LogP contribution is -2.47. The first kappa shape index (κ1) is 23.0. The Labute approximate surface area is 191 Å². The molecule has 5 nitrogen and oxygen atoms in total. The van der Waals surface area contributed by atoms with Crippen LogP contribution in [0.3, 0.4) is 0 Å². The summed E-state index contributed by atoms with van der Waals surface area (Å²) < 4.78 is 38.7. The highest BCUT2D eigenvalue weighted by Crippen LogP contribution is 2.30. The summed E-state index contributed by atoms with van der Waals surface area (Å²) in [5.41, 5.74) is 1.72. The minimum Gasteiger partial charge on any atom is -0.337 e. The van der Waals surface area contributed by atoms with Gasteiger partial charge in [0, 0.05) is 57.5 Å². The van der Waals surface area contributed by atoms with E-state index in [0.29, 0.717) is 44.7 Å². The van der Waals surface area contributed by atoms with Gasteiger partial charge in [0.2, 0.25) is 11.8 Å². The van der Waals surface area contributed by atoms with Crippen molar-refractivity contribution >= 4 is 23.6 Å². The first-order valence-corrected chi connectivity index (χ1v) is 11.1. The summed E-state index contributed by atoms with van der Waals surface area (Å²) in [6.07, 6.45) is 0.413. The molecule has 2 heterocycles. The van der Waals surface area contributed by atoms with Crippen molar-refractivity contribution in [3.05, 3.63) is 71.3 Å². The van der Waals surface area contributed by atoms with Crippen LogP contribution in [0, 0.1) is 0 Å². The minimum absolute atomic E-state index is 0.0903. The molecule has 0 unspecified atom stereocenters. The maximum absolute atomic E-state index is 12.9. The molecule has 33 heavy (non-hydrogen) atoms. The van der Waals surface area contributed by atoms with Gasteiger partial charge in [-0.3, -0.25) is 14.5 Å². The lowest BCUT2D eigenvalue weighted by Gasteiger charge is -2.34. The Bertz CT molecular complexity index is 1030. The Hall–Kier alpha value is -3.13. The smallest absolute Gasteiger partial charge is 0.337 e. The molecule has 8 heteroatoms. The average molecular weight is 457 g/mol. The normalized spacial score (nSPS) is 17.8. The second kappa shape index (κ2) is 9.79. The van der Waals surface area contributed by atoms with E-state index < -0.39 is 11.7 Å². The molecule has 4 rings (SSSR count). The van der Waals surface area contributed by atoms with Gasteiger partial charge in [0.05, 0.1) is 5.56 Å². The van der Waals surface area contributed by atoms with E-state index in [1.807, 2.05) is 24.3 Å². The molecular formula is C25H26F3N3O2. The van der Waals surface area contributed by atoms with E-state index in [9.17, 15) is 22.8 Å². The van der Waals surface area contributed by atoms with Crippen molar-refractivity contribution in [2.45, 2.75) is 25.6 Å². The van der Waals surface area contributed by atoms with Crippen molar-refractivity contribution in [1.29, 1.82) is 0 Å². The van der Waals surface area contributed by atoms with E-state index in [1.165, 1.54) is 12.1 Å². The fraction of sp³-hybridized carbons (Fsp3) is 0.360. The van der Waals surface area contributed by atoms with Gasteiger partial charge in [-0.05, 0) is 41.8 Å². The van der Waals surface area contributed by atoms with Gasteiger partial charge >= 0.3 is 6.18 Å². The molecule has 0 spiro atoms. The van der Waals surface area contributed by atoms with Crippen LogP contribution in [0.2, 0.25) is 0 Å². The molecule has 0 aromatic heterocycles. The van der Waals surface area contributed by atoms with Gasteiger partial charge in [-0.2, -0.15) is 13.2 Å². The number of carbonyl (C=O) groups is 2. The minimum atomic E-state index is -4.35. The number of carbonyl (C=O) groups excluding carboxylic acids is 2. The second-order valence-electron chi connectivity index (χ2n) is 8.37. The molecule has 2 saturated heterocycles. The quantitative estimate of drug-likeness (QED) is 0.633. The molecule has 2 fully saturated rings. The molecule has 2 aromatic rings. The molecule has 174 valence electrons. The highest BCUT2D eigenvalue weighted by Gasteiger charge is 2.30. The van der Waals surface area contributed by atoms with E-state index in [2.05, 4.69) is 4.90 Å². The molecule has 0 saturated carbocycles. The Morgan fingerprint density at radius 3 is 2.33 bits per heavy atom. The van der Waals surface area contributed by atoms with E-state index in [0.717, 1.165) is 30.3 Å². The van der Waals surface area contributed by atoms with Crippen LogP contribution in [0.5, 0.6) is 0 Å². The maximum Gasteiger partial charge on any atom is 0.416 e. The molecule has 0 radical (unpaired) electrons. The van der Waals surface area contributed by atoms with Crippen molar-refractivity contribution < 1.29 is 22.8 Å². The van der Waals surface area contributed by atoms with Crippen LogP contribution in [0.25, 0.3) is 6.08 Å². The number of benzene rings is 2. The molecule has 0 bridgehead atoms. The molecule has 2 aromatic carbocycles. The van der Waals surface area contributed by atoms with Crippen LogP contribution in [0.4, 0.5) is 18.9 Å². The number of nitrogens with zero attached hydrogens (tertiary/aromatic N) is 3. The number of anilines is 1. The third-order valence-corrected chi connectivity index (χ3v) is 6.04. The zero-order valence-corrected chi connectivity index (χ0v) is 18.2. The molecular weight excluding hydrogens is 431 g/mol. The summed E-state index contributed by atoms with van der Waals surface area (Å²) >= 11 is 0. The van der Waals surface area contributed by atoms with Gasteiger partial charge in [0.25, 0.3) is 0 Å². The van der Waals surface area contributed by atoms with E-state index in [4.69, 9.17) is 0 Å². The van der Waals surface area contributed by atoms with Crippen molar-refractivity contribution in [2.24, 2.45) is 0 Å². The van der Waals surface area contributed by atoms with E-state index in [1.54, 1.807) is 28.0 Å². The fourth-order valence-electron chi connectivity index (χ4n) is 4.19. The first-order chi connectivity index (χ1) is 15.8. The number of piperazine rings is 1. The number of alkyl halides is 3. The number of amides is 2. The molecule has 0 atom stereocenters. The van der Waals surface area contributed by atoms with Crippen LogP contribution in [0.15, 0.2) is 54.6 Å². The Morgan fingerprint density at radius 2 is 1.70 bits per heavy atom. The van der Waals surface area contributed by atoms with Gasteiger partial charge in [-0.15, -0.1) is 0 Å². The first-order valence-electron chi connectivity index (χ1n) is 11.1. The molecule has 2 aliphatic rings. The zero-order valence-electron chi connectivity index (χ0n) is 18.2. The summed E-state index contributed by atoms with van der Waals surface area (Å²) in [5.74, 6) is 0.0492. The molecule has 2 aliphatic heterocycles. The van der Waals surface area contributed by atoms with Crippen LogP contribution in [-0.2, 0) is 22.3 Å². The van der Waals surface area contributed by atoms with Crippen molar-refractivity contribution in [3.63, 3.8) is 0 Å². The largest absolute Gasteiger partial charge is 0.416 e. The fourth-order valence-corrected chi connectivity index (χ4v) is 4.19. The van der Waals surface area contributed by atoms with E-state index >= 15 is 0 Å². The van der Waals surface area contributed by atoms with Crippen LogP contribution >= 0.6 is 0 Å². The predicted octanol–water partition coefficient (Wildman–Crippen LogP) is 4.19. The van der Waals surface area contributed by atoms with Crippen molar-refractivity contribution in [1.82, 2.24) is 9.80 Å².